The topological polar surface area (TPSA) is 102 Å². The molecule has 8 heteroatoms. The van der Waals surface area contributed by atoms with E-state index in [2.05, 4.69) is 10.2 Å². The second-order valence-corrected chi connectivity index (χ2v) is 4.00. The number of rotatable bonds is 3. The van der Waals surface area contributed by atoms with Crippen molar-refractivity contribution in [2.75, 3.05) is 12.8 Å². The maximum absolute atomic E-state index is 11.4. The first-order valence-corrected chi connectivity index (χ1v) is 5.62. The lowest BCUT2D eigenvalue weighted by molar-refractivity contribution is 0.414. The molecule has 0 saturated carbocycles. The van der Waals surface area contributed by atoms with Crippen molar-refractivity contribution >= 4 is 23.7 Å². The van der Waals surface area contributed by atoms with Crippen LogP contribution in [0.25, 0.3) is 5.69 Å². The maximum atomic E-state index is 11.4. The van der Waals surface area contributed by atoms with Crippen LogP contribution in [0.15, 0.2) is 34.2 Å². The van der Waals surface area contributed by atoms with Crippen LogP contribution in [-0.4, -0.2) is 16.7 Å². The molecule has 1 aromatic heterocycles. The van der Waals surface area contributed by atoms with Crippen molar-refractivity contribution in [3.05, 3.63) is 44.3 Å². The Morgan fingerprint density at radius 2 is 2.00 bits per heavy atom. The number of aromatic amines is 1. The molecule has 0 amide bonds. The fraction of sp³-hybridized carbons (Fsp3) is 0.0909. The number of aromatic nitrogens is 2. The van der Waals surface area contributed by atoms with Crippen LogP contribution in [-0.2, 0) is 0 Å². The number of ether oxygens (including phenoxy) is 1. The average molecular weight is 278 g/mol. The van der Waals surface area contributed by atoms with Gasteiger partial charge in [-0.1, -0.05) is 0 Å². The van der Waals surface area contributed by atoms with Gasteiger partial charge in [0.2, 0.25) is 5.69 Å². The van der Waals surface area contributed by atoms with Gasteiger partial charge < -0.3 is 10.5 Å². The SMILES string of the molecule is COc1ccc(-n2c(N)c(N=O)c(=O)[nH]c2=S)cc1. The third-order valence-electron chi connectivity index (χ3n) is 2.54. The lowest BCUT2D eigenvalue weighted by Crippen LogP contribution is -2.16. The van der Waals surface area contributed by atoms with Gasteiger partial charge in [-0.15, -0.1) is 4.91 Å². The minimum absolute atomic E-state index is 0.0834. The van der Waals surface area contributed by atoms with Crippen molar-refractivity contribution in [3.8, 4) is 11.4 Å². The van der Waals surface area contributed by atoms with Crippen molar-refractivity contribution in [2.24, 2.45) is 5.18 Å². The van der Waals surface area contributed by atoms with Gasteiger partial charge in [0.1, 0.15) is 11.6 Å². The van der Waals surface area contributed by atoms with Gasteiger partial charge in [0.15, 0.2) is 4.77 Å². The van der Waals surface area contributed by atoms with Gasteiger partial charge in [-0.25, -0.2) is 0 Å². The zero-order chi connectivity index (χ0) is 14.0. The molecule has 0 unspecified atom stereocenters. The fourth-order valence-corrected chi connectivity index (χ4v) is 1.92. The molecule has 3 N–H and O–H groups in total. The number of benzene rings is 1. The van der Waals surface area contributed by atoms with Crippen molar-refractivity contribution in [3.63, 3.8) is 0 Å². The Kier molecular flexibility index (Phi) is 3.43. The number of nitroso groups, excluding NO2 is 1. The van der Waals surface area contributed by atoms with Crippen LogP contribution in [0.5, 0.6) is 5.75 Å². The summed E-state index contributed by atoms with van der Waals surface area (Å²) in [5, 5.41) is 2.62. The van der Waals surface area contributed by atoms with E-state index in [9.17, 15) is 9.70 Å². The van der Waals surface area contributed by atoms with E-state index in [4.69, 9.17) is 22.7 Å². The molecule has 0 bridgehead atoms. The molecule has 0 aliphatic carbocycles. The number of H-pyrrole nitrogens is 1. The molecule has 7 nitrogen and oxygen atoms in total. The van der Waals surface area contributed by atoms with Crippen LogP contribution >= 0.6 is 12.2 Å². The monoisotopic (exact) mass is 278 g/mol. The summed E-state index contributed by atoms with van der Waals surface area (Å²) in [6, 6.07) is 6.79. The number of nitrogens with one attached hydrogen (secondary N) is 1. The Morgan fingerprint density at radius 3 is 2.53 bits per heavy atom. The highest BCUT2D eigenvalue weighted by Crippen LogP contribution is 2.22. The summed E-state index contributed by atoms with van der Waals surface area (Å²) in [6.45, 7) is 0. The molecular weight excluding hydrogens is 268 g/mol. The number of anilines is 1. The molecule has 0 spiro atoms. The van der Waals surface area contributed by atoms with Crippen LogP contribution in [0.1, 0.15) is 0 Å². The molecular formula is C11H10N4O3S. The summed E-state index contributed by atoms with van der Waals surface area (Å²) in [5.74, 6) is 0.556. The molecule has 2 rings (SSSR count). The van der Waals surface area contributed by atoms with Crippen LogP contribution in [0.4, 0.5) is 11.5 Å². The average Bonchev–Trinajstić information content (AvgIpc) is 2.39. The van der Waals surface area contributed by atoms with Crippen molar-refractivity contribution < 1.29 is 4.74 Å². The first kappa shape index (κ1) is 13.0. The van der Waals surface area contributed by atoms with Gasteiger partial charge in [0.05, 0.1) is 12.8 Å². The summed E-state index contributed by atoms with van der Waals surface area (Å²) in [5.41, 5.74) is 5.23. The predicted octanol–water partition coefficient (Wildman–Crippen LogP) is 1.88. The molecule has 0 aliphatic heterocycles. The molecule has 19 heavy (non-hydrogen) atoms. The number of nitrogens with two attached hydrogens (primary N) is 1. The number of hydrogen-bond acceptors (Lipinski definition) is 6. The number of methoxy groups -OCH3 is 1. The Hall–Kier alpha value is -2.48. The van der Waals surface area contributed by atoms with Crippen LogP contribution in [0.2, 0.25) is 0 Å². The fourth-order valence-electron chi connectivity index (χ4n) is 1.62. The van der Waals surface area contributed by atoms with E-state index in [0.29, 0.717) is 11.4 Å². The van der Waals surface area contributed by atoms with Gasteiger partial charge in [-0.2, -0.15) is 0 Å². The van der Waals surface area contributed by atoms with Crippen molar-refractivity contribution in [1.29, 1.82) is 0 Å². The molecule has 0 aliphatic rings. The predicted molar refractivity (Wildman–Crippen MR) is 73.6 cm³/mol. The molecule has 2 aromatic rings. The Balaban J connectivity index is 2.71. The van der Waals surface area contributed by atoms with Crippen LogP contribution in [0, 0.1) is 9.68 Å². The summed E-state index contributed by atoms with van der Waals surface area (Å²) in [4.78, 5) is 24.4. The largest absolute Gasteiger partial charge is 0.497 e. The van der Waals surface area contributed by atoms with E-state index in [1.165, 1.54) is 4.57 Å². The standard InChI is InChI=1S/C11H10N4O3S/c1-18-7-4-2-6(3-5-7)15-9(12)8(14-17)10(16)13-11(15)19/h2-5H,12H2,1H3,(H,13,16,19). The third-order valence-corrected chi connectivity index (χ3v) is 2.83. The Morgan fingerprint density at radius 1 is 1.37 bits per heavy atom. The highest BCUT2D eigenvalue weighted by Gasteiger charge is 2.12. The zero-order valence-electron chi connectivity index (χ0n) is 9.91. The number of nitrogen functional groups attached to an aromatic ring is 1. The quantitative estimate of drug-likeness (QED) is 0.659. The van der Waals surface area contributed by atoms with Crippen molar-refractivity contribution in [2.45, 2.75) is 0 Å². The van der Waals surface area contributed by atoms with Gasteiger partial charge in [0, 0.05) is 0 Å². The normalized spacial score (nSPS) is 10.2. The molecule has 1 aromatic carbocycles. The Labute approximate surface area is 112 Å². The lowest BCUT2D eigenvalue weighted by atomic mass is 10.3. The first-order valence-electron chi connectivity index (χ1n) is 5.21. The summed E-state index contributed by atoms with van der Waals surface area (Å²) >= 11 is 5.03. The van der Waals surface area contributed by atoms with E-state index in [1.807, 2.05) is 0 Å². The first-order chi connectivity index (χ1) is 9.08. The minimum Gasteiger partial charge on any atom is -0.497 e. The van der Waals surface area contributed by atoms with E-state index in [1.54, 1.807) is 31.4 Å². The van der Waals surface area contributed by atoms with E-state index >= 15 is 0 Å². The Bertz CT molecular complexity index is 733. The van der Waals surface area contributed by atoms with Crippen molar-refractivity contribution in [1.82, 2.24) is 9.55 Å². The minimum atomic E-state index is -0.706. The maximum Gasteiger partial charge on any atom is 0.283 e. The highest BCUT2D eigenvalue weighted by atomic mass is 32.1. The van der Waals surface area contributed by atoms with E-state index < -0.39 is 11.2 Å². The molecule has 0 atom stereocenters. The smallest absolute Gasteiger partial charge is 0.283 e. The molecule has 0 saturated heterocycles. The number of nitrogens with zero attached hydrogens (tertiary/aromatic N) is 2. The molecule has 0 fully saturated rings. The second kappa shape index (κ2) is 5.02. The van der Waals surface area contributed by atoms with Gasteiger partial charge in [-0.3, -0.25) is 14.3 Å². The van der Waals surface area contributed by atoms with E-state index in [-0.39, 0.29) is 10.6 Å². The highest BCUT2D eigenvalue weighted by molar-refractivity contribution is 7.71. The molecule has 1 heterocycles. The number of hydrogen-bond donors (Lipinski definition) is 2. The van der Waals surface area contributed by atoms with Gasteiger partial charge in [-0.05, 0) is 41.7 Å². The van der Waals surface area contributed by atoms with Gasteiger partial charge >= 0.3 is 0 Å². The van der Waals surface area contributed by atoms with Crippen LogP contribution < -0.4 is 16.0 Å². The van der Waals surface area contributed by atoms with Gasteiger partial charge in [0.25, 0.3) is 5.56 Å². The summed E-state index contributed by atoms with van der Waals surface area (Å²) < 4.78 is 6.47. The summed E-state index contributed by atoms with van der Waals surface area (Å²) in [6.07, 6.45) is 0. The lowest BCUT2D eigenvalue weighted by Gasteiger charge is -2.11. The summed E-state index contributed by atoms with van der Waals surface area (Å²) in [7, 11) is 1.55. The third kappa shape index (κ3) is 2.25. The zero-order valence-corrected chi connectivity index (χ0v) is 10.7. The van der Waals surface area contributed by atoms with Crippen LogP contribution in [0.3, 0.4) is 0 Å². The second-order valence-electron chi connectivity index (χ2n) is 3.62. The van der Waals surface area contributed by atoms with E-state index in [0.717, 1.165) is 0 Å². The molecule has 98 valence electrons. The molecule has 0 radical (unpaired) electrons.